The van der Waals surface area contributed by atoms with Gasteiger partial charge in [-0.05, 0) is 45.4 Å². The molecule has 0 amide bonds. The van der Waals surface area contributed by atoms with Crippen LogP contribution in [0.5, 0.6) is 0 Å². The Labute approximate surface area is 150 Å². The lowest BCUT2D eigenvalue weighted by molar-refractivity contribution is -0.174. The van der Waals surface area contributed by atoms with Crippen molar-refractivity contribution in [1.29, 1.82) is 0 Å². The van der Waals surface area contributed by atoms with Gasteiger partial charge in [-0.2, -0.15) is 0 Å². The standard InChI is InChI=1S/C17H18Cl2O5/c1-17(2,3)16(22)24-8-23-15(21)11-7-10(11)14(20)9-4-5-12(18)13(19)6-9/h4-6,10-11H,7-8H2,1-3H3. The molecule has 1 fully saturated rings. The minimum absolute atomic E-state index is 0.179. The second kappa shape index (κ2) is 7.11. The molecule has 2 rings (SSSR count). The first-order valence-electron chi connectivity index (χ1n) is 7.44. The summed E-state index contributed by atoms with van der Waals surface area (Å²) in [7, 11) is 0. The zero-order valence-electron chi connectivity index (χ0n) is 13.6. The van der Waals surface area contributed by atoms with E-state index in [1.54, 1.807) is 32.9 Å². The van der Waals surface area contributed by atoms with Crippen molar-refractivity contribution in [1.82, 2.24) is 0 Å². The number of halogens is 2. The van der Waals surface area contributed by atoms with Crippen molar-refractivity contribution in [3.63, 3.8) is 0 Å². The van der Waals surface area contributed by atoms with Gasteiger partial charge in [-0.1, -0.05) is 23.2 Å². The summed E-state index contributed by atoms with van der Waals surface area (Å²) in [4.78, 5) is 35.8. The van der Waals surface area contributed by atoms with E-state index in [0.717, 1.165) is 0 Å². The molecule has 1 aliphatic carbocycles. The first-order chi connectivity index (χ1) is 11.1. The molecular formula is C17H18Cl2O5. The fourth-order valence-corrected chi connectivity index (χ4v) is 2.37. The molecule has 0 bridgehead atoms. The highest BCUT2D eigenvalue weighted by molar-refractivity contribution is 6.42. The van der Waals surface area contributed by atoms with Gasteiger partial charge in [0, 0.05) is 11.5 Å². The van der Waals surface area contributed by atoms with Crippen LogP contribution in [-0.4, -0.2) is 24.5 Å². The van der Waals surface area contributed by atoms with Crippen molar-refractivity contribution in [2.45, 2.75) is 27.2 Å². The third kappa shape index (κ3) is 4.48. The Balaban J connectivity index is 1.83. The summed E-state index contributed by atoms with van der Waals surface area (Å²) in [6.45, 7) is 4.65. The lowest BCUT2D eigenvalue weighted by Gasteiger charge is -2.16. The number of hydrogen-bond acceptors (Lipinski definition) is 5. The fraction of sp³-hybridized carbons (Fsp3) is 0.471. The maximum atomic E-state index is 12.3. The Morgan fingerprint density at radius 3 is 2.33 bits per heavy atom. The maximum Gasteiger partial charge on any atom is 0.314 e. The monoisotopic (exact) mass is 372 g/mol. The normalized spacial score (nSPS) is 19.5. The van der Waals surface area contributed by atoms with Crippen LogP contribution in [0.1, 0.15) is 37.6 Å². The fourth-order valence-electron chi connectivity index (χ4n) is 2.07. The number of carbonyl (C=O) groups is 3. The van der Waals surface area contributed by atoms with Gasteiger partial charge >= 0.3 is 11.9 Å². The Hall–Kier alpha value is -1.59. The number of benzene rings is 1. The van der Waals surface area contributed by atoms with Gasteiger partial charge in [-0.3, -0.25) is 14.4 Å². The molecule has 0 radical (unpaired) electrons. The van der Waals surface area contributed by atoms with E-state index in [1.165, 1.54) is 6.07 Å². The molecule has 0 N–H and O–H groups in total. The molecule has 7 heteroatoms. The van der Waals surface area contributed by atoms with Crippen LogP contribution in [0.25, 0.3) is 0 Å². The van der Waals surface area contributed by atoms with Crippen LogP contribution in [0.3, 0.4) is 0 Å². The van der Waals surface area contributed by atoms with Gasteiger partial charge in [0.1, 0.15) is 0 Å². The van der Waals surface area contributed by atoms with Gasteiger partial charge in [-0.15, -0.1) is 0 Å². The van der Waals surface area contributed by atoms with Crippen LogP contribution in [0.15, 0.2) is 18.2 Å². The number of rotatable bonds is 5. The predicted octanol–water partition coefficient (Wildman–Crippen LogP) is 3.90. The zero-order valence-corrected chi connectivity index (χ0v) is 15.1. The van der Waals surface area contributed by atoms with E-state index in [1.807, 2.05) is 0 Å². The molecule has 1 aliphatic rings. The van der Waals surface area contributed by atoms with Crippen molar-refractivity contribution >= 4 is 40.9 Å². The number of esters is 2. The zero-order chi connectivity index (χ0) is 18.1. The molecule has 5 nitrogen and oxygen atoms in total. The van der Waals surface area contributed by atoms with Crippen molar-refractivity contribution < 1.29 is 23.9 Å². The maximum absolute atomic E-state index is 12.3. The van der Waals surface area contributed by atoms with E-state index in [0.29, 0.717) is 17.0 Å². The van der Waals surface area contributed by atoms with Gasteiger partial charge in [-0.25, -0.2) is 0 Å². The summed E-state index contributed by atoms with van der Waals surface area (Å²) in [5.74, 6) is -2.14. The molecule has 1 aromatic rings. The Bertz CT molecular complexity index is 678. The second-order valence-electron chi connectivity index (χ2n) is 6.70. The van der Waals surface area contributed by atoms with Gasteiger partial charge < -0.3 is 9.47 Å². The highest BCUT2D eigenvalue weighted by Gasteiger charge is 2.49. The smallest absolute Gasteiger partial charge is 0.314 e. The summed E-state index contributed by atoms with van der Waals surface area (Å²) in [6.07, 6.45) is 0.408. The summed E-state index contributed by atoms with van der Waals surface area (Å²) in [6, 6.07) is 4.60. The van der Waals surface area contributed by atoms with Crippen molar-refractivity contribution in [3.05, 3.63) is 33.8 Å². The van der Waals surface area contributed by atoms with E-state index in [9.17, 15) is 14.4 Å². The summed E-state index contributed by atoms with van der Waals surface area (Å²) >= 11 is 11.7. The molecule has 0 heterocycles. The Morgan fingerprint density at radius 1 is 1.08 bits per heavy atom. The molecule has 0 aliphatic heterocycles. The van der Waals surface area contributed by atoms with E-state index in [2.05, 4.69) is 0 Å². The van der Waals surface area contributed by atoms with E-state index in [4.69, 9.17) is 32.7 Å². The van der Waals surface area contributed by atoms with E-state index in [-0.39, 0.29) is 10.8 Å². The molecule has 1 aromatic carbocycles. The average Bonchev–Trinajstić information content (AvgIpc) is 3.28. The van der Waals surface area contributed by atoms with Gasteiger partial charge in [0.25, 0.3) is 0 Å². The van der Waals surface area contributed by atoms with Crippen LogP contribution >= 0.6 is 23.2 Å². The molecule has 2 unspecified atom stereocenters. The third-order valence-electron chi connectivity index (χ3n) is 3.64. The Kier molecular flexibility index (Phi) is 5.56. The number of carbonyl (C=O) groups excluding carboxylic acids is 3. The van der Waals surface area contributed by atoms with Crippen LogP contribution in [0, 0.1) is 17.3 Å². The van der Waals surface area contributed by atoms with E-state index >= 15 is 0 Å². The van der Waals surface area contributed by atoms with Crippen LogP contribution in [0.2, 0.25) is 10.0 Å². The summed E-state index contributed by atoms with van der Waals surface area (Å²) in [5, 5.41) is 0.650. The summed E-state index contributed by atoms with van der Waals surface area (Å²) < 4.78 is 9.77. The number of hydrogen-bond donors (Lipinski definition) is 0. The number of Topliss-reactive ketones (excluding diaryl/α,β-unsaturated/α-hetero) is 1. The molecule has 1 saturated carbocycles. The molecule has 2 atom stereocenters. The van der Waals surface area contributed by atoms with Crippen LogP contribution in [-0.2, 0) is 19.1 Å². The predicted molar refractivity (Wildman–Crippen MR) is 88.9 cm³/mol. The van der Waals surface area contributed by atoms with Crippen molar-refractivity contribution in [3.8, 4) is 0 Å². The third-order valence-corrected chi connectivity index (χ3v) is 4.38. The van der Waals surface area contributed by atoms with Gasteiger partial charge in [0.05, 0.1) is 21.4 Å². The first kappa shape index (κ1) is 18.7. The second-order valence-corrected chi connectivity index (χ2v) is 7.52. The average molecular weight is 373 g/mol. The quantitative estimate of drug-likeness (QED) is 0.445. The van der Waals surface area contributed by atoms with E-state index < -0.39 is 36.0 Å². The minimum atomic E-state index is -0.668. The lowest BCUT2D eigenvalue weighted by atomic mass is 9.98. The molecule has 0 saturated heterocycles. The highest BCUT2D eigenvalue weighted by Crippen LogP contribution is 2.42. The first-order valence-corrected chi connectivity index (χ1v) is 8.20. The number of ether oxygens (including phenoxy) is 2. The van der Waals surface area contributed by atoms with Crippen LogP contribution < -0.4 is 0 Å². The minimum Gasteiger partial charge on any atom is -0.428 e. The Morgan fingerprint density at radius 2 is 1.75 bits per heavy atom. The lowest BCUT2D eigenvalue weighted by Crippen LogP contribution is -2.25. The molecule has 0 aromatic heterocycles. The van der Waals surface area contributed by atoms with Gasteiger partial charge in [0.2, 0.25) is 6.79 Å². The van der Waals surface area contributed by atoms with Crippen LogP contribution in [0.4, 0.5) is 0 Å². The van der Waals surface area contributed by atoms with Crippen molar-refractivity contribution in [2.24, 2.45) is 17.3 Å². The largest absolute Gasteiger partial charge is 0.428 e. The molecule has 130 valence electrons. The highest BCUT2D eigenvalue weighted by atomic mass is 35.5. The topological polar surface area (TPSA) is 69.7 Å². The van der Waals surface area contributed by atoms with Gasteiger partial charge in [0.15, 0.2) is 5.78 Å². The SMILES string of the molecule is CC(C)(C)C(=O)OCOC(=O)C1CC1C(=O)c1ccc(Cl)c(Cl)c1. The molecular weight excluding hydrogens is 355 g/mol. The summed E-state index contributed by atoms with van der Waals surface area (Å²) in [5.41, 5.74) is -0.262. The van der Waals surface area contributed by atoms with Crippen molar-refractivity contribution in [2.75, 3.05) is 6.79 Å². The molecule has 0 spiro atoms. The number of ketones is 1. The molecule has 24 heavy (non-hydrogen) atoms.